The molecule has 0 aliphatic carbocycles. The molecule has 266 valence electrons. The first-order valence-electron chi connectivity index (χ1n) is 27.4. The predicted molar refractivity (Wildman–Crippen MR) is 236 cm³/mol. The second-order valence-corrected chi connectivity index (χ2v) is 13.8. The van der Waals surface area contributed by atoms with Crippen molar-refractivity contribution in [2.45, 2.75) is 0 Å². The lowest BCUT2D eigenvalue weighted by atomic mass is 9.99. The van der Waals surface area contributed by atoms with E-state index in [1.807, 2.05) is 0 Å². The first-order chi connectivity index (χ1) is 36.6. The molecule has 0 fully saturated rings. The molecule has 6 heteroatoms. The summed E-state index contributed by atoms with van der Waals surface area (Å²) >= 11 is 0.919. The molecule has 0 N–H and O–H groups in total. The Morgan fingerprint density at radius 2 is 1.16 bits per heavy atom. The molecule has 0 amide bonds. The average molecular weight is 767 g/mol. The number of furan rings is 1. The number of hydrogen-bond acceptors (Lipinski definition) is 5. The Balaban J connectivity index is 1.25. The zero-order valence-electron chi connectivity index (χ0n) is 48.9. The van der Waals surface area contributed by atoms with Crippen LogP contribution in [0.2, 0.25) is 0 Å². The van der Waals surface area contributed by atoms with E-state index in [1.165, 1.54) is 4.57 Å². The fraction of sp³-hybridized carbons (Fsp3) is 0. The maximum atomic E-state index is 9.83. The summed E-state index contributed by atoms with van der Waals surface area (Å²) in [6, 6.07) is 4.33. The monoisotopic (exact) mass is 766 g/mol. The van der Waals surface area contributed by atoms with Crippen LogP contribution >= 0.6 is 11.3 Å². The number of nitrogens with zero attached hydrogens (tertiary/aromatic N) is 4. The van der Waals surface area contributed by atoms with Crippen molar-refractivity contribution >= 4 is 75.3 Å². The molecule has 0 saturated heterocycles. The lowest BCUT2D eigenvalue weighted by molar-refractivity contribution is 0.669. The van der Waals surface area contributed by atoms with Gasteiger partial charge >= 0.3 is 0 Å². The van der Waals surface area contributed by atoms with Gasteiger partial charge in [-0.3, -0.25) is 4.57 Å². The number of aromatic nitrogens is 4. The number of fused-ring (bicyclic) bond motifs is 10. The second-order valence-electron chi connectivity index (χ2n) is 12.8. The highest BCUT2D eigenvalue weighted by Crippen LogP contribution is 2.46. The molecule has 0 atom stereocenters. The zero-order valence-corrected chi connectivity index (χ0v) is 29.7. The summed E-state index contributed by atoms with van der Waals surface area (Å²) < 4.78 is 188. The summed E-state index contributed by atoms with van der Waals surface area (Å²) in [4.78, 5) is 14.4. The molecule has 57 heavy (non-hydrogen) atoms. The Morgan fingerprint density at radius 1 is 0.474 bits per heavy atom. The molecule has 0 aliphatic heterocycles. The summed E-state index contributed by atoms with van der Waals surface area (Å²) in [5.41, 5.74) is -1.85. The highest BCUT2D eigenvalue weighted by Gasteiger charge is 2.23. The van der Waals surface area contributed by atoms with Crippen molar-refractivity contribution in [2.24, 2.45) is 0 Å². The normalized spacial score (nSPS) is 16.8. The molecule has 12 aromatic rings. The fourth-order valence-corrected chi connectivity index (χ4v) is 8.28. The fourth-order valence-electron chi connectivity index (χ4n) is 7.16. The van der Waals surface area contributed by atoms with Crippen LogP contribution in [0, 0.1) is 0 Å². The lowest BCUT2D eigenvalue weighted by Gasteiger charge is -2.11. The van der Waals surface area contributed by atoms with Crippen molar-refractivity contribution in [3.05, 3.63) is 182 Å². The van der Waals surface area contributed by atoms with E-state index in [2.05, 4.69) is 0 Å². The smallest absolute Gasteiger partial charge is 0.238 e. The molecule has 0 radical (unpaired) electrons. The van der Waals surface area contributed by atoms with Gasteiger partial charge in [0, 0.05) is 52.8 Å². The number of hydrogen-bond donors (Lipinski definition) is 0. The van der Waals surface area contributed by atoms with Crippen LogP contribution in [-0.4, -0.2) is 19.5 Å². The third-order valence-corrected chi connectivity index (χ3v) is 10.7. The van der Waals surface area contributed by atoms with E-state index in [-0.39, 0.29) is 70.2 Å². The van der Waals surface area contributed by atoms with Gasteiger partial charge in [0.05, 0.1) is 38.4 Å². The zero-order chi connectivity index (χ0) is 54.9. The molecule has 12 rings (SSSR count). The summed E-state index contributed by atoms with van der Waals surface area (Å²) in [6.45, 7) is 0. The molecule has 5 nitrogen and oxygen atoms in total. The van der Waals surface area contributed by atoms with Gasteiger partial charge in [0.25, 0.3) is 0 Å². The largest absolute Gasteiger partial charge is 0.456 e. The lowest BCUT2D eigenvalue weighted by Crippen LogP contribution is -2.06. The first kappa shape index (κ1) is 18.0. The molecule has 4 heterocycles. The molecule has 0 bridgehead atoms. The average Bonchev–Trinajstić information content (AvgIpc) is 4.20. The maximum absolute atomic E-state index is 9.83. The Morgan fingerprint density at radius 3 is 1.98 bits per heavy atom. The molecule has 4 aromatic heterocycles. The topological polar surface area (TPSA) is 56.7 Å². The highest BCUT2D eigenvalue weighted by molar-refractivity contribution is 7.26. The van der Waals surface area contributed by atoms with E-state index >= 15 is 0 Å². The summed E-state index contributed by atoms with van der Waals surface area (Å²) in [7, 11) is 0. The van der Waals surface area contributed by atoms with Crippen LogP contribution in [0.3, 0.4) is 0 Å². The molecule has 8 aromatic carbocycles. The van der Waals surface area contributed by atoms with E-state index in [0.717, 1.165) is 11.3 Å². The van der Waals surface area contributed by atoms with Crippen LogP contribution in [0.15, 0.2) is 186 Å². The van der Waals surface area contributed by atoms with Gasteiger partial charge in [-0.1, -0.05) is 145 Å². The van der Waals surface area contributed by atoms with Crippen molar-refractivity contribution < 1.29 is 31.8 Å². The third-order valence-electron chi connectivity index (χ3n) is 9.62. The Bertz CT molecular complexity index is 4670. The van der Waals surface area contributed by atoms with E-state index < -0.39 is 154 Å². The van der Waals surface area contributed by atoms with Crippen LogP contribution in [0.25, 0.3) is 115 Å². The Kier molecular flexibility index (Phi) is 3.97. The molecule has 0 aliphatic rings. The van der Waals surface area contributed by atoms with E-state index in [1.54, 1.807) is 60.7 Å². The van der Waals surface area contributed by atoms with Gasteiger partial charge in [-0.15, -0.1) is 11.3 Å². The molecular formula is C51H30N4OS. The van der Waals surface area contributed by atoms with E-state index in [0.29, 0.717) is 11.1 Å². The van der Waals surface area contributed by atoms with Gasteiger partial charge in [-0.25, -0.2) is 4.98 Å². The van der Waals surface area contributed by atoms with Gasteiger partial charge in [-0.2, -0.15) is 9.97 Å². The van der Waals surface area contributed by atoms with Gasteiger partial charge in [0.15, 0.2) is 11.6 Å². The molecular weight excluding hydrogens is 717 g/mol. The number of thiophene rings is 1. The SMILES string of the molecule is [2H]c1c([2H])c([2H])c(-c2c([2H])c([2H])c([2H])c3oc4c([2H])c(-c5nc(-c6ccccc6)nc(-n6c7c([2H])c([2H])c([2H])c(-c8ccccc8)c7c7c8sc9c([2H])c([2H])c([2H])c([2H])c9c8c([2H])c([2H])c76)n5)c([2H])c([2H])c4c23)c([2H])c1[2H]. The number of benzene rings is 8. The maximum Gasteiger partial charge on any atom is 0.238 e. The molecule has 0 unspecified atom stereocenters. The van der Waals surface area contributed by atoms with Crippen LogP contribution in [0.5, 0.6) is 0 Å². The van der Waals surface area contributed by atoms with Crippen LogP contribution in [0.4, 0.5) is 0 Å². The first-order valence-corrected chi connectivity index (χ1v) is 18.2. The molecule has 0 saturated carbocycles. The standard InChI is InChI=1S/C51H30N4OS/c1-4-14-31(15-5-1)35-22-13-24-42-45(35)39-27-26-34(30-43(39)56-42)50-52-49(33-18-8-3-9-19-33)53-51(54-50)55-40-23-12-21-36(32-16-6-2-7-17-32)46(40)47-41(55)29-28-38-37-20-10-11-25-44(37)57-48(38)47/h1-30H/i1D,4D,5D,10D,11D,12D,13D,14D,15D,20D,21D,22D,23D,24D,25D,26D,27D,28D,29D,30D. The van der Waals surface area contributed by atoms with E-state index in [4.69, 9.17) is 35.8 Å². The minimum absolute atomic E-state index is 0.00216. The second kappa shape index (κ2) is 12.6. The van der Waals surface area contributed by atoms with Crippen molar-refractivity contribution in [3.63, 3.8) is 0 Å². The summed E-state index contributed by atoms with van der Waals surface area (Å²) in [6.07, 6.45) is 0. The minimum atomic E-state index is -0.770. The van der Waals surface area contributed by atoms with Gasteiger partial charge < -0.3 is 4.42 Å². The van der Waals surface area contributed by atoms with Crippen molar-refractivity contribution in [1.82, 2.24) is 19.5 Å². The van der Waals surface area contributed by atoms with Crippen LogP contribution in [0.1, 0.15) is 27.4 Å². The highest BCUT2D eigenvalue weighted by atomic mass is 32.1. The van der Waals surface area contributed by atoms with Crippen molar-refractivity contribution in [1.29, 1.82) is 0 Å². The summed E-state index contributed by atoms with van der Waals surface area (Å²) in [5.74, 6) is -0.982. The number of rotatable bonds is 5. The quantitative estimate of drug-likeness (QED) is 0.175. The van der Waals surface area contributed by atoms with Crippen LogP contribution < -0.4 is 0 Å². The van der Waals surface area contributed by atoms with Gasteiger partial charge in [0.2, 0.25) is 5.95 Å². The molecule has 0 spiro atoms. The minimum Gasteiger partial charge on any atom is -0.456 e. The predicted octanol–water partition coefficient (Wildman–Crippen LogP) is 13.9. The van der Waals surface area contributed by atoms with Crippen molar-refractivity contribution in [2.75, 3.05) is 0 Å². The van der Waals surface area contributed by atoms with Gasteiger partial charge in [-0.05, 0) is 58.5 Å². The van der Waals surface area contributed by atoms with Gasteiger partial charge in [0.1, 0.15) is 11.2 Å². The Labute approximate surface area is 358 Å². The summed E-state index contributed by atoms with van der Waals surface area (Å²) in [5, 5.41) is -0.468. The van der Waals surface area contributed by atoms with E-state index in [9.17, 15) is 11.0 Å². The Hall–Kier alpha value is -7.41. The van der Waals surface area contributed by atoms with Crippen LogP contribution in [-0.2, 0) is 0 Å². The third kappa shape index (κ3) is 4.98. The van der Waals surface area contributed by atoms with Crippen molar-refractivity contribution in [3.8, 4) is 51.0 Å².